The molecule has 0 bridgehead atoms. The van der Waals surface area contributed by atoms with Gasteiger partial charge in [0, 0.05) is 19.5 Å². The molecule has 0 saturated carbocycles. The third kappa shape index (κ3) is 1.47. The van der Waals surface area contributed by atoms with Gasteiger partial charge in [0.15, 0.2) is 0 Å². The highest BCUT2D eigenvalue weighted by molar-refractivity contribution is 14.1. The quantitative estimate of drug-likeness (QED) is 0.744. The predicted octanol–water partition coefficient (Wildman–Crippen LogP) is 1.91. The molecule has 1 N–H and O–H groups in total. The molecule has 0 spiro atoms. The van der Waals surface area contributed by atoms with E-state index in [-0.39, 0.29) is 11.7 Å². The number of hydrogen-bond donors (Lipinski definition) is 1. The zero-order chi connectivity index (χ0) is 10.3. The van der Waals surface area contributed by atoms with Crippen molar-refractivity contribution in [3.8, 4) is 5.75 Å². The Morgan fingerprint density at radius 3 is 2.93 bits per heavy atom. The predicted molar refractivity (Wildman–Crippen MR) is 62.6 cm³/mol. The van der Waals surface area contributed by atoms with Crippen LogP contribution in [-0.4, -0.2) is 17.6 Å². The molecule has 1 amide bonds. The highest BCUT2D eigenvalue weighted by atomic mass is 127. The van der Waals surface area contributed by atoms with Crippen molar-refractivity contribution < 1.29 is 9.90 Å². The van der Waals surface area contributed by atoms with Crippen LogP contribution in [0.3, 0.4) is 0 Å². The second-order valence-corrected chi connectivity index (χ2v) is 4.52. The molecule has 1 aromatic carbocycles. The van der Waals surface area contributed by atoms with E-state index in [9.17, 15) is 9.90 Å². The Balaban J connectivity index is 2.50. The monoisotopic (exact) mass is 303 g/mol. The Morgan fingerprint density at radius 1 is 1.57 bits per heavy atom. The van der Waals surface area contributed by atoms with Gasteiger partial charge in [0.2, 0.25) is 5.91 Å². The number of anilines is 1. The zero-order valence-corrected chi connectivity index (χ0v) is 9.91. The molecular weight excluding hydrogens is 293 g/mol. The standard InChI is InChI=1S/C10H10INO2/c1-6(13)12-3-2-7-4-8(11)10(14)5-9(7)12/h4-5,14H,2-3H2,1H3. The molecule has 1 heterocycles. The van der Waals surface area contributed by atoms with Gasteiger partial charge in [0.25, 0.3) is 0 Å². The van der Waals surface area contributed by atoms with Gasteiger partial charge in [0.05, 0.1) is 9.26 Å². The van der Waals surface area contributed by atoms with Gasteiger partial charge in [0.1, 0.15) is 5.75 Å². The Hall–Kier alpha value is -0.780. The lowest BCUT2D eigenvalue weighted by Crippen LogP contribution is -2.25. The number of phenolic OH excluding ortho intramolecular Hbond substituents is 1. The van der Waals surface area contributed by atoms with Crippen LogP contribution in [0.25, 0.3) is 0 Å². The summed E-state index contributed by atoms with van der Waals surface area (Å²) in [7, 11) is 0. The lowest BCUT2D eigenvalue weighted by atomic mass is 10.1. The summed E-state index contributed by atoms with van der Waals surface area (Å²) >= 11 is 2.09. The van der Waals surface area contributed by atoms with E-state index < -0.39 is 0 Å². The van der Waals surface area contributed by atoms with Crippen LogP contribution in [0.5, 0.6) is 5.75 Å². The summed E-state index contributed by atoms with van der Waals surface area (Å²) in [6.07, 6.45) is 0.880. The van der Waals surface area contributed by atoms with E-state index in [0.717, 1.165) is 27.8 Å². The number of nitrogens with zero attached hydrogens (tertiary/aromatic N) is 1. The van der Waals surface area contributed by atoms with Crippen LogP contribution in [-0.2, 0) is 11.2 Å². The minimum atomic E-state index is 0.0318. The molecule has 0 aliphatic carbocycles. The molecule has 0 saturated heterocycles. The Morgan fingerprint density at radius 2 is 2.29 bits per heavy atom. The first kappa shape index (κ1) is 9.76. The molecule has 1 aromatic rings. The van der Waals surface area contributed by atoms with Crippen molar-refractivity contribution in [2.45, 2.75) is 13.3 Å². The molecule has 3 nitrogen and oxygen atoms in total. The Labute approximate surface area is 95.9 Å². The molecule has 0 aromatic heterocycles. The summed E-state index contributed by atoms with van der Waals surface area (Å²) in [5, 5.41) is 9.54. The van der Waals surface area contributed by atoms with Crippen molar-refractivity contribution in [1.29, 1.82) is 0 Å². The number of phenols is 1. The lowest BCUT2D eigenvalue weighted by molar-refractivity contribution is -0.116. The van der Waals surface area contributed by atoms with Gasteiger partial charge < -0.3 is 10.0 Å². The number of benzene rings is 1. The van der Waals surface area contributed by atoms with E-state index in [2.05, 4.69) is 22.6 Å². The molecule has 1 aliphatic rings. The number of amides is 1. The third-order valence-electron chi connectivity index (χ3n) is 2.42. The first-order valence-corrected chi connectivity index (χ1v) is 5.47. The van der Waals surface area contributed by atoms with Crippen molar-refractivity contribution >= 4 is 34.2 Å². The number of carbonyl (C=O) groups excluding carboxylic acids is 1. The van der Waals surface area contributed by atoms with Crippen molar-refractivity contribution in [2.75, 3.05) is 11.4 Å². The number of fused-ring (bicyclic) bond motifs is 1. The second-order valence-electron chi connectivity index (χ2n) is 3.35. The van der Waals surface area contributed by atoms with E-state index in [1.807, 2.05) is 6.07 Å². The molecular formula is C10H10INO2. The molecule has 2 rings (SSSR count). The van der Waals surface area contributed by atoms with E-state index >= 15 is 0 Å². The lowest BCUT2D eigenvalue weighted by Gasteiger charge is -2.14. The van der Waals surface area contributed by atoms with Crippen molar-refractivity contribution in [1.82, 2.24) is 0 Å². The SMILES string of the molecule is CC(=O)N1CCc2cc(I)c(O)cc21. The first-order valence-electron chi connectivity index (χ1n) is 4.39. The molecule has 4 heteroatoms. The maximum absolute atomic E-state index is 11.2. The number of rotatable bonds is 0. The fraction of sp³-hybridized carbons (Fsp3) is 0.300. The molecule has 1 aliphatic heterocycles. The van der Waals surface area contributed by atoms with Gasteiger partial charge in [-0.05, 0) is 40.6 Å². The molecule has 14 heavy (non-hydrogen) atoms. The summed E-state index contributed by atoms with van der Waals surface area (Å²) in [6, 6.07) is 3.61. The smallest absolute Gasteiger partial charge is 0.223 e. The minimum Gasteiger partial charge on any atom is -0.507 e. The highest BCUT2D eigenvalue weighted by Crippen LogP contribution is 2.34. The average molecular weight is 303 g/mol. The number of halogens is 1. The van der Waals surface area contributed by atoms with Crippen molar-refractivity contribution in [3.63, 3.8) is 0 Å². The van der Waals surface area contributed by atoms with E-state index in [1.54, 1.807) is 17.9 Å². The molecule has 0 fully saturated rings. The highest BCUT2D eigenvalue weighted by Gasteiger charge is 2.23. The maximum atomic E-state index is 11.2. The summed E-state index contributed by atoms with van der Waals surface area (Å²) in [5.74, 6) is 0.279. The number of carbonyl (C=O) groups is 1. The first-order chi connectivity index (χ1) is 6.59. The van der Waals surface area contributed by atoms with Gasteiger partial charge in [-0.1, -0.05) is 0 Å². The largest absolute Gasteiger partial charge is 0.507 e. The van der Waals surface area contributed by atoms with Crippen LogP contribution >= 0.6 is 22.6 Å². The van der Waals surface area contributed by atoms with Crippen LogP contribution in [0.15, 0.2) is 12.1 Å². The van der Waals surface area contributed by atoms with Crippen molar-refractivity contribution in [3.05, 3.63) is 21.3 Å². The van der Waals surface area contributed by atoms with Gasteiger partial charge in [-0.2, -0.15) is 0 Å². The second kappa shape index (κ2) is 3.42. The van der Waals surface area contributed by atoms with E-state index in [0.29, 0.717) is 0 Å². The topological polar surface area (TPSA) is 40.5 Å². The van der Waals surface area contributed by atoms with Crippen LogP contribution in [0.4, 0.5) is 5.69 Å². The minimum absolute atomic E-state index is 0.0318. The van der Waals surface area contributed by atoms with Crippen molar-refractivity contribution in [2.24, 2.45) is 0 Å². The van der Waals surface area contributed by atoms with Crippen LogP contribution in [0.2, 0.25) is 0 Å². The molecule has 0 unspecified atom stereocenters. The van der Waals surface area contributed by atoms with Crippen LogP contribution in [0.1, 0.15) is 12.5 Å². The third-order valence-corrected chi connectivity index (χ3v) is 3.29. The summed E-state index contributed by atoms with van der Waals surface area (Å²) in [6.45, 7) is 2.27. The molecule has 0 atom stereocenters. The maximum Gasteiger partial charge on any atom is 0.223 e. The van der Waals surface area contributed by atoms with Gasteiger partial charge in [-0.25, -0.2) is 0 Å². The van der Waals surface area contributed by atoms with Crippen LogP contribution < -0.4 is 4.90 Å². The molecule has 74 valence electrons. The molecule has 0 radical (unpaired) electrons. The van der Waals surface area contributed by atoms with E-state index in [4.69, 9.17) is 0 Å². The van der Waals surface area contributed by atoms with Crippen LogP contribution in [0, 0.1) is 3.57 Å². The summed E-state index contributed by atoms with van der Waals surface area (Å²) < 4.78 is 0.840. The van der Waals surface area contributed by atoms with Gasteiger partial charge in [-0.3, -0.25) is 4.79 Å². The fourth-order valence-electron chi connectivity index (χ4n) is 1.72. The number of hydrogen-bond acceptors (Lipinski definition) is 2. The summed E-state index contributed by atoms with van der Waals surface area (Å²) in [5.41, 5.74) is 2.00. The van der Waals surface area contributed by atoms with Gasteiger partial charge in [-0.15, -0.1) is 0 Å². The Kier molecular flexibility index (Phi) is 2.38. The zero-order valence-electron chi connectivity index (χ0n) is 7.75. The fourth-order valence-corrected chi connectivity index (χ4v) is 2.25. The van der Waals surface area contributed by atoms with Gasteiger partial charge >= 0.3 is 0 Å². The Bertz CT molecular complexity index is 403. The van der Waals surface area contributed by atoms with E-state index in [1.165, 1.54) is 0 Å². The number of aromatic hydroxyl groups is 1. The summed E-state index contributed by atoms with van der Waals surface area (Å²) in [4.78, 5) is 12.9. The average Bonchev–Trinajstić information content (AvgIpc) is 2.48. The normalized spacial score (nSPS) is 14.3.